The molecular weight excluding hydrogens is 307 g/mol. The highest BCUT2D eigenvalue weighted by atomic mass is 35.5. The zero-order valence-corrected chi connectivity index (χ0v) is 12.0. The summed E-state index contributed by atoms with van der Waals surface area (Å²) in [5, 5.41) is 0.243. The van der Waals surface area contributed by atoms with Crippen molar-refractivity contribution in [1.82, 2.24) is 4.72 Å². The molecule has 3 N–H and O–H groups in total. The van der Waals surface area contributed by atoms with E-state index in [9.17, 15) is 8.42 Å². The van der Waals surface area contributed by atoms with Gasteiger partial charge in [0.05, 0.1) is 10.0 Å². The monoisotopic (exact) mass is 318 g/mol. The van der Waals surface area contributed by atoms with E-state index in [1.807, 2.05) is 0 Å². The molecule has 0 radical (unpaired) electrons. The first-order valence-corrected chi connectivity index (χ1v) is 6.86. The number of hydrogen-bond acceptors (Lipinski definition) is 3. The van der Waals surface area contributed by atoms with Crippen LogP contribution < -0.4 is 10.5 Å². The van der Waals surface area contributed by atoms with Crippen molar-refractivity contribution in [3.63, 3.8) is 0 Å². The van der Waals surface area contributed by atoms with Gasteiger partial charge in [0.2, 0.25) is 10.0 Å². The van der Waals surface area contributed by atoms with E-state index in [1.165, 1.54) is 18.2 Å². The summed E-state index contributed by atoms with van der Waals surface area (Å²) in [7, 11) is -3.61. The highest BCUT2D eigenvalue weighted by Crippen LogP contribution is 2.28. The van der Waals surface area contributed by atoms with Crippen LogP contribution in [0.25, 0.3) is 0 Å². The van der Waals surface area contributed by atoms with Crippen molar-refractivity contribution in [2.75, 3.05) is 13.1 Å². The quantitative estimate of drug-likeness (QED) is 0.816. The van der Waals surface area contributed by atoms with Gasteiger partial charge in [-0.15, -0.1) is 12.4 Å². The number of benzene rings is 1. The second-order valence-corrected chi connectivity index (χ2v) is 5.61. The summed E-state index contributed by atoms with van der Waals surface area (Å²) in [6.45, 7) is 0.702. The molecule has 0 bridgehead atoms. The third-order valence-corrected chi connectivity index (χ3v) is 4.31. The van der Waals surface area contributed by atoms with Gasteiger partial charge in [-0.25, -0.2) is 13.1 Å². The first kappa shape index (κ1) is 17.0. The van der Waals surface area contributed by atoms with E-state index in [0.29, 0.717) is 13.0 Å². The van der Waals surface area contributed by atoms with Crippen molar-refractivity contribution in [3.05, 3.63) is 28.2 Å². The van der Waals surface area contributed by atoms with E-state index in [2.05, 4.69) is 4.72 Å². The highest BCUT2D eigenvalue weighted by molar-refractivity contribution is 7.89. The highest BCUT2D eigenvalue weighted by Gasteiger charge is 2.18. The second kappa shape index (κ2) is 7.41. The Morgan fingerprint density at radius 2 is 1.94 bits per heavy atom. The molecule has 4 nitrogen and oxygen atoms in total. The Morgan fingerprint density at radius 1 is 1.29 bits per heavy atom. The van der Waals surface area contributed by atoms with Crippen molar-refractivity contribution in [2.24, 2.45) is 5.73 Å². The largest absolute Gasteiger partial charge is 0.330 e. The molecule has 1 aromatic carbocycles. The Bertz CT molecular complexity index is 465. The minimum absolute atomic E-state index is 0. The summed E-state index contributed by atoms with van der Waals surface area (Å²) in [6, 6.07) is 4.47. The minimum atomic E-state index is -3.61. The predicted octanol–water partition coefficient (Wildman–Crippen LogP) is 2.04. The van der Waals surface area contributed by atoms with Crippen LogP contribution in [0.15, 0.2) is 23.1 Å². The molecule has 1 aromatic rings. The zero-order chi connectivity index (χ0) is 12.2. The molecule has 0 saturated carbocycles. The maximum absolute atomic E-state index is 11.8. The van der Waals surface area contributed by atoms with E-state index in [-0.39, 0.29) is 33.9 Å². The number of nitrogens with two attached hydrogens (primary N) is 1. The Labute approximate surface area is 117 Å². The van der Waals surface area contributed by atoms with Crippen molar-refractivity contribution in [3.8, 4) is 0 Å². The molecule has 17 heavy (non-hydrogen) atoms. The van der Waals surface area contributed by atoms with Crippen LogP contribution in [0.5, 0.6) is 0 Å². The molecule has 0 fully saturated rings. The molecule has 0 heterocycles. The lowest BCUT2D eigenvalue weighted by molar-refractivity contribution is 0.579. The molecule has 0 aromatic heterocycles. The molecule has 8 heteroatoms. The van der Waals surface area contributed by atoms with E-state index in [0.717, 1.165) is 0 Å². The number of sulfonamides is 1. The van der Waals surface area contributed by atoms with Crippen LogP contribution in [-0.2, 0) is 10.0 Å². The minimum Gasteiger partial charge on any atom is -0.330 e. The van der Waals surface area contributed by atoms with Crippen LogP contribution in [-0.4, -0.2) is 21.5 Å². The number of nitrogens with one attached hydrogen (secondary N) is 1. The molecule has 0 atom stereocenters. The van der Waals surface area contributed by atoms with E-state index < -0.39 is 10.0 Å². The molecule has 1 rings (SSSR count). The van der Waals surface area contributed by atoms with Crippen molar-refractivity contribution >= 4 is 45.6 Å². The maximum Gasteiger partial charge on any atom is 0.242 e. The first-order valence-electron chi connectivity index (χ1n) is 4.63. The van der Waals surface area contributed by atoms with Gasteiger partial charge in [0, 0.05) is 6.54 Å². The Hall–Kier alpha value is -0.0400. The lowest BCUT2D eigenvalue weighted by atomic mass is 10.4. The molecule has 0 aliphatic rings. The summed E-state index contributed by atoms with van der Waals surface area (Å²) in [5.74, 6) is 0. The van der Waals surface area contributed by atoms with E-state index in [1.54, 1.807) is 0 Å². The van der Waals surface area contributed by atoms with Gasteiger partial charge >= 0.3 is 0 Å². The van der Waals surface area contributed by atoms with Gasteiger partial charge in [-0.3, -0.25) is 0 Å². The fraction of sp³-hybridized carbons (Fsp3) is 0.333. The van der Waals surface area contributed by atoms with Gasteiger partial charge in [-0.2, -0.15) is 0 Å². The molecule has 0 unspecified atom stereocenters. The normalized spacial score (nSPS) is 11.0. The fourth-order valence-corrected chi connectivity index (χ4v) is 2.91. The number of rotatable bonds is 5. The standard InChI is InChI=1S/C9H12Cl2N2O2S.ClH/c10-7-3-1-4-8(9(7)11)16(14,15)13-6-2-5-12;/h1,3-4,13H,2,5-6,12H2;1H. The molecule has 98 valence electrons. The van der Waals surface area contributed by atoms with Gasteiger partial charge in [0.25, 0.3) is 0 Å². The topological polar surface area (TPSA) is 72.2 Å². The molecule has 0 amide bonds. The molecule has 0 aliphatic carbocycles. The average molecular weight is 320 g/mol. The zero-order valence-electron chi connectivity index (χ0n) is 8.82. The smallest absolute Gasteiger partial charge is 0.242 e. The van der Waals surface area contributed by atoms with Crippen molar-refractivity contribution in [1.29, 1.82) is 0 Å². The summed E-state index contributed by atoms with van der Waals surface area (Å²) in [5.41, 5.74) is 5.27. The predicted molar refractivity (Wildman–Crippen MR) is 72.6 cm³/mol. The lowest BCUT2D eigenvalue weighted by Crippen LogP contribution is -2.26. The molecule has 0 aliphatic heterocycles. The van der Waals surface area contributed by atoms with Gasteiger partial charge in [-0.1, -0.05) is 29.3 Å². The van der Waals surface area contributed by atoms with E-state index >= 15 is 0 Å². The van der Waals surface area contributed by atoms with E-state index in [4.69, 9.17) is 28.9 Å². The third kappa shape index (κ3) is 4.62. The van der Waals surface area contributed by atoms with Gasteiger partial charge in [0.15, 0.2) is 0 Å². The molecular formula is C9H13Cl3N2O2S. The molecule has 0 spiro atoms. The van der Waals surface area contributed by atoms with Crippen LogP contribution in [0, 0.1) is 0 Å². The van der Waals surface area contributed by atoms with Crippen molar-refractivity contribution < 1.29 is 8.42 Å². The average Bonchev–Trinajstić information content (AvgIpc) is 2.22. The summed E-state index contributed by atoms with van der Waals surface area (Å²) in [6.07, 6.45) is 0.567. The fourth-order valence-electron chi connectivity index (χ4n) is 1.08. The second-order valence-electron chi connectivity index (χ2n) is 3.09. The van der Waals surface area contributed by atoms with Crippen LogP contribution in [0.2, 0.25) is 10.0 Å². The Morgan fingerprint density at radius 3 is 2.53 bits per heavy atom. The van der Waals surface area contributed by atoms with Gasteiger partial charge in [-0.05, 0) is 25.1 Å². The van der Waals surface area contributed by atoms with Gasteiger partial charge < -0.3 is 5.73 Å². The summed E-state index contributed by atoms with van der Waals surface area (Å²) in [4.78, 5) is -0.0151. The lowest BCUT2D eigenvalue weighted by Gasteiger charge is -2.08. The molecule has 0 saturated heterocycles. The SMILES string of the molecule is Cl.NCCCNS(=O)(=O)c1cccc(Cl)c1Cl. The number of halogens is 3. The summed E-state index contributed by atoms with van der Waals surface area (Å²) >= 11 is 11.6. The number of hydrogen-bond donors (Lipinski definition) is 2. The van der Waals surface area contributed by atoms with Crippen molar-refractivity contribution in [2.45, 2.75) is 11.3 Å². The van der Waals surface area contributed by atoms with Crippen LogP contribution >= 0.6 is 35.6 Å². The van der Waals surface area contributed by atoms with Gasteiger partial charge in [0.1, 0.15) is 4.90 Å². The first-order chi connectivity index (χ1) is 7.49. The van der Waals surface area contributed by atoms with Crippen LogP contribution in [0.1, 0.15) is 6.42 Å². The maximum atomic E-state index is 11.8. The van der Waals surface area contributed by atoms with Crippen LogP contribution in [0.4, 0.5) is 0 Å². The Kier molecular flexibility index (Phi) is 7.39. The summed E-state index contributed by atoms with van der Waals surface area (Å²) < 4.78 is 26.0. The third-order valence-electron chi connectivity index (χ3n) is 1.88. The Balaban J connectivity index is 0.00000256. The van der Waals surface area contributed by atoms with Crippen LogP contribution in [0.3, 0.4) is 0 Å².